The first-order chi connectivity index (χ1) is 16.3. The maximum absolute atomic E-state index is 14.1. The number of rotatable bonds is 6. The van der Waals surface area contributed by atoms with E-state index in [-0.39, 0.29) is 18.3 Å². The molecule has 1 amide bonds. The van der Waals surface area contributed by atoms with Crippen molar-refractivity contribution in [2.24, 2.45) is 0 Å². The van der Waals surface area contributed by atoms with Gasteiger partial charge in [-0.25, -0.2) is 14.4 Å². The van der Waals surface area contributed by atoms with Crippen LogP contribution >= 0.6 is 0 Å². The molecule has 0 radical (unpaired) electrons. The van der Waals surface area contributed by atoms with Gasteiger partial charge in [0.2, 0.25) is 5.95 Å². The van der Waals surface area contributed by atoms with Crippen molar-refractivity contribution in [2.75, 3.05) is 19.8 Å². The molecule has 34 heavy (non-hydrogen) atoms. The molecule has 174 valence electrons. The first kappa shape index (κ1) is 22.4. The van der Waals surface area contributed by atoms with Crippen molar-refractivity contribution in [2.45, 2.75) is 23.3 Å². The van der Waals surface area contributed by atoms with E-state index in [1.807, 2.05) is 0 Å². The SMILES string of the molecule is CN(CC1(O)CC1)C(=O)c1ccc2c(S(C)=O)cn(-c3ncc(-c4ccccc4F)cn3)c2c1. The van der Waals surface area contributed by atoms with Gasteiger partial charge in [0.25, 0.3) is 5.91 Å². The first-order valence-electron chi connectivity index (χ1n) is 10.8. The van der Waals surface area contributed by atoms with Crippen LogP contribution in [0, 0.1) is 5.82 Å². The number of aliphatic hydroxyl groups is 1. The predicted molar refractivity (Wildman–Crippen MR) is 128 cm³/mol. The van der Waals surface area contributed by atoms with E-state index in [9.17, 15) is 18.5 Å². The van der Waals surface area contributed by atoms with Gasteiger partial charge < -0.3 is 10.0 Å². The second-order valence-electron chi connectivity index (χ2n) is 8.69. The van der Waals surface area contributed by atoms with E-state index in [1.54, 1.807) is 60.5 Å². The molecular formula is C25H23FN4O3S. The second kappa shape index (κ2) is 8.41. The number of fused-ring (bicyclic) bond motifs is 1. The molecule has 7 nitrogen and oxygen atoms in total. The summed E-state index contributed by atoms with van der Waals surface area (Å²) < 4.78 is 28.2. The van der Waals surface area contributed by atoms with Crippen LogP contribution in [0.25, 0.3) is 28.0 Å². The molecule has 2 aromatic heterocycles. The van der Waals surface area contributed by atoms with Crippen molar-refractivity contribution < 1.29 is 18.5 Å². The number of carbonyl (C=O) groups excluding carboxylic acids is 1. The van der Waals surface area contributed by atoms with Crippen LogP contribution in [0.4, 0.5) is 4.39 Å². The highest BCUT2D eigenvalue weighted by molar-refractivity contribution is 7.84. The molecule has 2 aromatic carbocycles. The Balaban J connectivity index is 1.55. The van der Waals surface area contributed by atoms with Gasteiger partial charge in [-0.05, 0) is 31.0 Å². The van der Waals surface area contributed by atoms with Gasteiger partial charge in [0, 0.05) is 60.5 Å². The summed E-state index contributed by atoms with van der Waals surface area (Å²) in [5.74, 6) is -0.269. The average Bonchev–Trinajstić information content (AvgIpc) is 3.42. The van der Waals surface area contributed by atoms with Crippen LogP contribution in [-0.4, -0.2) is 60.1 Å². The highest BCUT2D eigenvalue weighted by Gasteiger charge is 2.42. The van der Waals surface area contributed by atoms with E-state index in [2.05, 4.69) is 9.97 Å². The van der Waals surface area contributed by atoms with Crippen LogP contribution in [0.1, 0.15) is 23.2 Å². The molecule has 0 bridgehead atoms. The number of likely N-dealkylation sites (N-methyl/N-ethyl adjacent to an activating group) is 1. The van der Waals surface area contributed by atoms with E-state index in [1.165, 1.54) is 23.4 Å². The molecular weight excluding hydrogens is 455 g/mol. The van der Waals surface area contributed by atoms with Gasteiger partial charge in [0.1, 0.15) is 5.82 Å². The zero-order valence-electron chi connectivity index (χ0n) is 18.7. The molecule has 5 rings (SSSR count). The number of hydrogen-bond donors (Lipinski definition) is 1. The number of halogens is 1. The summed E-state index contributed by atoms with van der Waals surface area (Å²) in [7, 11) is 0.386. The molecule has 1 fully saturated rings. The molecule has 0 spiro atoms. The normalized spacial score (nSPS) is 15.3. The lowest BCUT2D eigenvalue weighted by Gasteiger charge is -2.20. The van der Waals surface area contributed by atoms with Gasteiger partial charge in [-0.1, -0.05) is 24.3 Å². The maximum atomic E-state index is 14.1. The largest absolute Gasteiger partial charge is 0.388 e. The molecule has 4 aromatic rings. The Bertz CT molecular complexity index is 1430. The molecule has 1 aliphatic rings. The van der Waals surface area contributed by atoms with Gasteiger partial charge in [-0.2, -0.15) is 0 Å². The van der Waals surface area contributed by atoms with Gasteiger partial charge in [-0.15, -0.1) is 0 Å². The van der Waals surface area contributed by atoms with E-state index in [0.29, 0.717) is 45.9 Å². The lowest BCUT2D eigenvalue weighted by molar-refractivity contribution is 0.0632. The number of hydrogen-bond acceptors (Lipinski definition) is 5. The Morgan fingerprint density at radius 3 is 2.56 bits per heavy atom. The summed E-state index contributed by atoms with van der Waals surface area (Å²) in [5.41, 5.74) is 1.22. The third-order valence-electron chi connectivity index (χ3n) is 6.07. The highest BCUT2D eigenvalue weighted by atomic mass is 32.2. The van der Waals surface area contributed by atoms with Crippen molar-refractivity contribution >= 4 is 27.6 Å². The number of amides is 1. The standard InChI is InChI=1S/C25H23FN4O3S/c1-29(15-25(32)9-10-25)23(31)16-7-8-19-21(11-16)30(14-22(19)34(2)33)24-27-12-17(13-28-24)18-5-3-4-6-20(18)26/h3-8,11-14,32H,9-10,15H2,1-2H3. The van der Waals surface area contributed by atoms with Crippen LogP contribution in [-0.2, 0) is 10.8 Å². The Morgan fingerprint density at radius 1 is 1.21 bits per heavy atom. The van der Waals surface area contributed by atoms with E-state index < -0.39 is 16.4 Å². The fourth-order valence-corrected chi connectivity index (χ4v) is 4.78. The zero-order chi connectivity index (χ0) is 24.0. The summed E-state index contributed by atoms with van der Waals surface area (Å²) >= 11 is 0. The molecule has 0 saturated heterocycles. The minimum Gasteiger partial charge on any atom is -0.388 e. The van der Waals surface area contributed by atoms with Gasteiger partial charge in [0.05, 0.1) is 26.8 Å². The monoisotopic (exact) mass is 478 g/mol. The van der Waals surface area contributed by atoms with Crippen LogP contribution in [0.5, 0.6) is 0 Å². The molecule has 9 heteroatoms. The van der Waals surface area contributed by atoms with Crippen molar-refractivity contribution in [3.8, 4) is 17.1 Å². The second-order valence-corrected chi connectivity index (χ2v) is 10.0. The molecule has 2 heterocycles. The quantitative estimate of drug-likeness (QED) is 0.458. The molecule has 0 aliphatic heterocycles. The summed E-state index contributed by atoms with van der Waals surface area (Å²) in [4.78, 5) is 23.9. The lowest BCUT2D eigenvalue weighted by atomic mass is 10.1. The molecule has 1 unspecified atom stereocenters. The van der Waals surface area contributed by atoms with E-state index in [4.69, 9.17) is 0 Å². The van der Waals surface area contributed by atoms with Gasteiger partial charge >= 0.3 is 0 Å². The minimum atomic E-state index is -1.28. The number of nitrogens with zero attached hydrogens (tertiary/aromatic N) is 4. The smallest absolute Gasteiger partial charge is 0.253 e. The molecule has 1 saturated carbocycles. The number of carbonyl (C=O) groups is 1. The van der Waals surface area contributed by atoms with E-state index >= 15 is 0 Å². The first-order valence-corrected chi connectivity index (χ1v) is 12.4. The summed E-state index contributed by atoms with van der Waals surface area (Å²) in [6.07, 6.45) is 7.74. The fraction of sp³-hybridized carbons (Fsp3) is 0.240. The van der Waals surface area contributed by atoms with Crippen molar-refractivity contribution in [3.05, 3.63) is 72.4 Å². The van der Waals surface area contributed by atoms with Crippen molar-refractivity contribution in [1.29, 1.82) is 0 Å². The number of benzene rings is 2. The molecule has 1 atom stereocenters. The minimum absolute atomic E-state index is 0.218. The summed E-state index contributed by atoms with van der Waals surface area (Å²) in [6, 6.07) is 11.6. The van der Waals surface area contributed by atoms with Crippen molar-refractivity contribution in [3.63, 3.8) is 0 Å². The Hall–Kier alpha value is -3.43. The molecule has 1 aliphatic carbocycles. The number of aromatic nitrogens is 3. The third-order valence-corrected chi connectivity index (χ3v) is 7.01. The zero-order valence-corrected chi connectivity index (χ0v) is 19.6. The summed E-state index contributed by atoms with van der Waals surface area (Å²) in [5, 5.41) is 10.9. The van der Waals surface area contributed by atoms with Gasteiger partial charge in [-0.3, -0.25) is 13.6 Å². The highest BCUT2D eigenvalue weighted by Crippen LogP contribution is 2.36. The molecule has 1 N–H and O–H groups in total. The van der Waals surface area contributed by atoms with E-state index in [0.717, 1.165) is 5.39 Å². The maximum Gasteiger partial charge on any atom is 0.253 e. The van der Waals surface area contributed by atoms with Crippen LogP contribution in [0.3, 0.4) is 0 Å². The topological polar surface area (TPSA) is 88.3 Å². The fourth-order valence-electron chi connectivity index (χ4n) is 4.04. The van der Waals surface area contributed by atoms with Crippen LogP contribution in [0.2, 0.25) is 0 Å². The summed E-state index contributed by atoms with van der Waals surface area (Å²) in [6.45, 7) is 0.274. The van der Waals surface area contributed by atoms with Crippen molar-refractivity contribution in [1.82, 2.24) is 19.4 Å². The average molecular weight is 479 g/mol. The predicted octanol–water partition coefficient (Wildman–Crippen LogP) is 3.56. The van der Waals surface area contributed by atoms with Crippen LogP contribution in [0.15, 0.2) is 66.0 Å². The van der Waals surface area contributed by atoms with Gasteiger partial charge in [0.15, 0.2) is 0 Å². The Labute approximate surface area is 198 Å². The Morgan fingerprint density at radius 2 is 1.91 bits per heavy atom. The lowest BCUT2D eigenvalue weighted by Crippen LogP contribution is -2.35. The van der Waals surface area contributed by atoms with Crippen LogP contribution < -0.4 is 0 Å². The third kappa shape index (κ3) is 4.12. The Kier molecular flexibility index (Phi) is 5.53.